The van der Waals surface area contributed by atoms with Crippen molar-refractivity contribution in [2.75, 3.05) is 0 Å². The maximum atomic E-state index is 2.33. The van der Waals surface area contributed by atoms with Crippen molar-refractivity contribution >= 4 is 14.7 Å². The second-order valence-electron chi connectivity index (χ2n) is 6.33. The van der Waals surface area contributed by atoms with Gasteiger partial charge in [0.25, 0.3) is 0 Å². The van der Waals surface area contributed by atoms with Crippen LogP contribution < -0.4 is 5.19 Å². The van der Waals surface area contributed by atoms with Crippen LogP contribution in [-0.2, 0) is 5.04 Å². The van der Waals surface area contributed by atoms with Crippen LogP contribution in [0.1, 0.15) is 30.0 Å². The van der Waals surface area contributed by atoms with E-state index in [9.17, 15) is 0 Å². The number of hydrogen-bond donors (Lipinski definition) is 0. The molecule has 0 N–H and O–H groups in total. The molecule has 0 bridgehead atoms. The van der Waals surface area contributed by atoms with Gasteiger partial charge in [-0.2, -0.15) is 0 Å². The normalized spacial score (nSPS) is 11.9. The first-order valence-corrected chi connectivity index (χ1v) is 9.82. The molecule has 23 heavy (non-hydrogen) atoms. The zero-order chi connectivity index (χ0) is 16.1. The fraction of sp³-hybridized carbons (Fsp3) is 0.182. The van der Waals surface area contributed by atoms with Gasteiger partial charge in [0.05, 0.1) is 9.52 Å². The van der Waals surface area contributed by atoms with E-state index in [4.69, 9.17) is 0 Å². The number of hydrogen-bond acceptors (Lipinski definition) is 0. The lowest BCUT2D eigenvalue weighted by Gasteiger charge is -2.34. The monoisotopic (exact) mass is 316 g/mol. The van der Waals surface area contributed by atoms with Crippen molar-refractivity contribution < 1.29 is 0 Å². The van der Waals surface area contributed by atoms with E-state index in [2.05, 4.69) is 98.8 Å². The Balaban J connectivity index is 2.11. The minimum absolute atomic E-state index is 0.164. The summed E-state index contributed by atoms with van der Waals surface area (Å²) in [6.07, 6.45) is 1.14. The van der Waals surface area contributed by atoms with Gasteiger partial charge < -0.3 is 0 Å². The average molecular weight is 317 g/mol. The van der Waals surface area contributed by atoms with E-state index >= 15 is 0 Å². The Morgan fingerprint density at radius 2 is 1.17 bits per heavy atom. The van der Waals surface area contributed by atoms with E-state index in [0.717, 1.165) is 6.42 Å². The van der Waals surface area contributed by atoms with Crippen molar-refractivity contribution in [1.82, 2.24) is 0 Å². The molecule has 0 aliphatic heterocycles. The molecular formula is C22H24Si. The topological polar surface area (TPSA) is 0 Å². The predicted octanol–water partition coefficient (Wildman–Crippen LogP) is 4.14. The Hall–Kier alpha value is -2.12. The van der Waals surface area contributed by atoms with E-state index < -0.39 is 9.52 Å². The summed E-state index contributed by atoms with van der Waals surface area (Å²) in [7, 11) is -0.517. The van der Waals surface area contributed by atoms with Crippen molar-refractivity contribution in [2.45, 2.75) is 25.3 Å². The van der Waals surface area contributed by atoms with Crippen molar-refractivity contribution in [2.24, 2.45) is 0 Å². The third-order valence-corrected chi connectivity index (χ3v) is 7.68. The SMILES string of the molecule is CCC([SiH2]c1ccc(C)cc1)(c1ccccc1)c1ccccc1. The Morgan fingerprint density at radius 1 is 0.696 bits per heavy atom. The van der Waals surface area contributed by atoms with Gasteiger partial charge in [-0.3, -0.25) is 0 Å². The summed E-state index contributed by atoms with van der Waals surface area (Å²) in [6, 6.07) is 31.3. The largest absolute Gasteiger partial charge is 0.0717 e. The van der Waals surface area contributed by atoms with Crippen molar-refractivity contribution in [3.05, 3.63) is 102 Å². The molecular weight excluding hydrogens is 292 g/mol. The molecule has 3 aromatic carbocycles. The molecule has 0 spiro atoms. The molecule has 0 saturated carbocycles. The number of rotatable bonds is 5. The summed E-state index contributed by atoms with van der Waals surface area (Å²) in [5.74, 6) is 0. The lowest BCUT2D eigenvalue weighted by Crippen LogP contribution is -2.40. The smallest absolute Gasteiger partial charge is 0.0655 e. The van der Waals surface area contributed by atoms with Crippen molar-refractivity contribution in [1.29, 1.82) is 0 Å². The molecule has 116 valence electrons. The van der Waals surface area contributed by atoms with Gasteiger partial charge in [-0.15, -0.1) is 0 Å². The van der Waals surface area contributed by atoms with E-state index in [0.29, 0.717) is 0 Å². The summed E-state index contributed by atoms with van der Waals surface area (Å²) in [4.78, 5) is 0. The number of aryl methyl sites for hydroxylation is 1. The predicted molar refractivity (Wildman–Crippen MR) is 103 cm³/mol. The standard InChI is InChI=1S/C22H24Si/c1-3-22(19-10-6-4-7-11-19,20-12-8-5-9-13-20)23-21-16-14-18(2)15-17-21/h4-17H,3,23H2,1-2H3. The van der Waals surface area contributed by atoms with Crippen LogP contribution in [0.25, 0.3) is 0 Å². The minimum atomic E-state index is -0.517. The van der Waals surface area contributed by atoms with Gasteiger partial charge in [-0.1, -0.05) is 103 Å². The molecule has 0 aromatic heterocycles. The third-order valence-electron chi connectivity index (χ3n) is 4.88. The van der Waals surface area contributed by atoms with Crippen molar-refractivity contribution in [3.63, 3.8) is 0 Å². The molecule has 0 radical (unpaired) electrons. The molecule has 0 amide bonds. The van der Waals surface area contributed by atoms with Crippen LogP contribution in [0.15, 0.2) is 84.9 Å². The Bertz CT molecular complexity index is 690. The van der Waals surface area contributed by atoms with Gasteiger partial charge in [0.2, 0.25) is 0 Å². The van der Waals surface area contributed by atoms with Gasteiger partial charge in [0.15, 0.2) is 0 Å². The van der Waals surface area contributed by atoms with Crippen LogP contribution >= 0.6 is 0 Å². The quantitative estimate of drug-likeness (QED) is 0.621. The molecule has 1 heteroatoms. The third kappa shape index (κ3) is 3.30. The van der Waals surface area contributed by atoms with Gasteiger partial charge in [-0.05, 0) is 24.5 Å². The van der Waals surface area contributed by atoms with Gasteiger partial charge in [0.1, 0.15) is 0 Å². The summed E-state index contributed by atoms with van der Waals surface area (Å²) in [5.41, 5.74) is 4.26. The minimum Gasteiger partial charge on any atom is -0.0655 e. The highest BCUT2D eigenvalue weighted by molar-refractivity contribution is 6.57. The molecule has 0 atom stereocenters. The highest BCUT2D eigenvalue weighted by Crippen LogP contribution is 2.34. The molecule has 0 aliphatic carbocycles. The maximum absolute atomic E-state index is 2.33. The van der Waals surface area contributed by atoms with Crippen LogP contribution in [0.3, 0.4) is 0 Å². The highest BCUT2D eigenvalue weighted by atomic mass is 28.2. The fourth-order valence-corrected chi connectivity index (χ4v) is 5.77. The highest BCUT2D eigenvalue weighted by Gasteiger charge is 2.32. The lowest BCUT2D eigenvalue weighted by molar-refractivity contribution is 0.688. The summed E-state index contributed by atoms with van der Waals surface area (Å²) in [6.45, 7) is 4.49. The molecule has 0 fully saturated rings. The zero-order valence-corrected chi connectivity index (χ0v) is 15.4. The maximum Gasteiger partial charge on any atom is 0.0717 e. The summed E-state index contributed by atoms with van der Waals surface area (Å²) in [5, 5.41) is 1.70. The average Bonchev–Trinajstić information content (AvgIpc) is 2.63. The Morgan fingerprint density at radius 3 is 1.61 bits per heavy atom. The van der Waals surface area contributed by atoms with Crippen LogP contribution in [0.4, 0.5) is 0 Å². The lowest BCUT2D eigenvalue weighted by atomic mass is 9.88. The first kappa shape index (κ1) is 15.8. The summed E-state index contributed by atoms with van der Waals surface area (Å²) < 4.78 is 0. The van der Waals surface area contributed by atoms with Crippen LogP contribution in [0, 0.1) is 6.92 Å². The van der Waals surface area contributed by atoms with Crippen LogP contribution in [0.2, 0.25) is 0 Å². The molecule has 0 heterocycles. The molecule has 3 aromatic rings. The van der Waals surface area contributed by atoms with Crippen molar-refractivity contribution in [3.8, 4) is 0 Å². The second-order valence-corrected chi connectivity index (χ2v) is 8.71. The molecule has 0 saturated heterocycles. The molecule has 0 nitrogen and oxygen atoms in total. The van der Waals surface area contributed by atoms with E-state index in [-0.39, 0.29) is 5.04 Å². The summed E-state index contributed by atoms with van der Waals surface area (Å²) >= 11 is 0. The van der Waals surface area contributed by atoms with E-state index in [1.165, 1.54) is 21.9 Å². The number of benzene rings is 3. The second kappa shape index (κ2) is 6.97. The first-order chi connectivity index (χ1) is 11.2. The van der Waals surface area contributed by atoms with Gasteiger partial charge in [0, 0.05) is 5.04 Å². The van der Waals surface area contributed by atoms with Gasteiger partial charge >= 0.3 is 0 Å². The molecule has 0 aliphatic rings. The zero-order valence-electron chi connectivity index (χ0n) is 14.0. The van der Waals surface area contributed by atoms with Crippen LogP contribution in [-0.4, -0.2) is 9.52 Å². The molecule has 0 unspecified atom stereocenters. The van der Waals surface area contributed by atoms with Crippen LogP contribution in [0.5, 0.6) is 0 Å². The van der Waals surface area contributed by atoms with Gasteiger partial charge in [-0.25, -0.2) is 0 Å². The van der Waals surface area contributed by atoms with E-state index in [1.54, 1.807) is 0 Å². The first-order valence-electron chi connectivity index (χ1n) is 8.41. The van der Waals surface area contributed by atoms with E-state index in [1.807, 2.05) is 0 Å². The molecule has 3 rings (SSSR count). The fourth-order valence-electron chi connectivity index (χ4n) is 3.47. The Labute approximate surface area is 142 Å². The Kier molecular flexibility index (Phi) is 4.78.